The Labute approximate surface area is 174 Å². The predicted molar refractivity (Wildman–Crippen MR) is 114 cm³/mol. The van der Waals surface area contributed by atoms with Crippen molar-refractivity contribution in [1.82, 2.24) is 19.9 Å². The van der Waals surface area contributed by atoms with Crippen molar-refractivity contribution in [3.8, 4) is 5.69 Å². The van der Waals surface area contributed by atoms with Gasteiger partial charge in [-0.05, 0) is 48.2 Å². The van der Waals surface area contributed by atoms with Gasteiger partial charge < -0.3 is 15.0 Å². The van der Waals surface area contributed by atoms with E-state index in [-0.39, 0.29) is 5.91 Å². The largest absolute Gasteiger partial charge is 0.378 e. The number of hydrogen-bond acceptors (Lipinski definition) is 6. The third-order valence-corrected chi connectivity index (χ3v) is 5.46. The fourth-order valence-corrected chi connectivity index (χ4v) is 3.76. The van der Waals surface area contributed by atoms with Crippen LogP contribution in [0.4, 0.5) is 5.82 Å². The molecule has 1 amide bonds. The highest BCUT2D eigenvalue weighted by Crippen LogP contribution is 2.19. The van der Waals surface area contributed by atoms with Crippen LogP contribution < -0.4 is 10.2 Å². The number of nitrogens with one attached hydrogen (secondary N) is 1. The maximum atomic E-state index is 12.5. The molecule has 1 aliphatic rings. The van der Waals surface area contributed by atoms with E-state index < -0.39 is 0 Å². The highest BCUT2D eigenvalue weighted by atomic mass is 32.2. The number of ether oxygens (including phenoxy) is 1. The second kappa shape index (κ2) is 9.11. The Hall–Kier alpha value is -2.84. The van der Waals surface area contributed by atoms with Crippen LogP contribution in [0.1, 0.15) is 15.9 Å². The Morgan fingerprint density at radius 3 is 2.69 bits per heavy atom. The maximum Gasteiger partial charge on any atom is 0.251 e. The molecule has 3 aromatic rings. The van der Waals surface area contributed by atoms with E-state index in [0.717, 1.165) is 48.5 Å². The Morgan fingerprint density at radius 2 is 1.93 bits per heavy atom. The minimum atomic E-state index is -0.1000. The molecule has 0 bridgehead atoms. The van der Waals surface area contributed by atoms with Gasteiger partial charge in [0.2, 0.25) is 0 Å². The molecule has 1 fully saturated rings. The monoisotopic (exact) mass is 409 g/mol. The van der Waals surface area contributed by atoms with Crippen molar-refractivity contribution >= 4 is 23.5 Å². The summed E-state index contributed by atoms with van der Waals surface area (Å²) in [4.78, 5) is 23.5. The van der Waals surface area contributed by atoms with Gasteiger partial charge in [-0.2, -0.15) is 0 Å². The van der Waals surface area contributed by atoms with Crippen molar-refractivity contribution < 1.29 is 9.53 Å². The number of anilines is 1. The van der Waals surface area contributed by atoms with Gasteiger partial charge in [-0.25, -0.2) is 9.97 Å². The second-order valence-electron chi connectivity index (χ2n) is 6.64. The van der Waals surface area contributed by atoms with Gasteiger partial charge in [0.1, 0.15) is 5.82 Å². The first kappa shape index (κ1) is 19.5. The van der Waals surface area contributed by atoms with Gasteiger partial charge in [-0.1, -0.05) is 11.8 Å². The van der Waals surface area contributed by atoms with Crippen molar-refractivity contribution in [2.45, 2.75) is 11.7 Å². The standard InChI is InChI=1S/C21H23N5O2S/c1-29-21-23-8-9-26(21)18-4-2-17(3-5-18)20(27)24-15-16-6-7-22-19(14-16)25-10-12-28-13-11-25/h2-9,14H,10-13,15H2,1H3,(H,24,27). The molecule has 8 heteroatoms. The minimum absolute atomic E-state index is 0.1000. The van der Waals surface area contributed by atoms with Gasteiger partial charge >= 0.3 is 0 Å². The number of amides is 1. The molecule has 1 saturated heterocycles. The molecule has 7 nitrogen and oxygen atoms in total. The normalized spacial score (nSPS) is 14.0. The van der Waals surface area contributed by atoms with Crippen LogP contribution in [0.15, 0.2) is 60.1 Å². The molecule has 1 aliphatic heterocycles. The third kappa shape index (κ3) is 4.60. The summed E-state index contributed by atoms with van der Waals surface area (Å²) in [6.07, 6.45) is 7.46. The summed E-state index contributed by atoms with van der Waals surface area (Å²) < 4.78 is 7.39. The molecule has 29 heavy (non-hydrogen) atoms. The second-order valence-corrected chi connectivity index (χ2v) is 7.41. The molecule has 2 aromatic heterocycles. The van der Waals surface area contributed by atoms with Crippen molar-refractivity contribution in [2.24, 2.45) is 0 Å². The van der Waals surface area contributed by atoms with Crippen LogP contribution in [0.3, 0.4) is 0 Å². The molecule has 0 atom stereocenters. The summed E-state index contributed by atoms with van der Waals surface area (Å²) in [5.74, 6) is 0.825. The topological polar surface area (TPSA) is 72.3 Å². The van der Waals surface area contributed by atoms with Crippen molar-refractivity contribution in [3.63, 3.8) is 0 Å². The SMILES string of the molecule is CSc1nccn1-c1ccc(C(=O)NCc2ccnc(N3CCOCC3)c2)cc1. The molecule has 4 rings (SSSR count). The van der Waals surface area contributed by atoms with Crippen molar-refractivity contribution in [2.75, 3.05) is 37.5 Å². The highest BCUT2D eigenvalue weighted by Gasteiger charge is 2.13. The lowest BCUT2D eigenvalue weighted by atomic mass is 10.2. The molecule has 0 spiro atoms. The smallest absolute Gasteiger partial charge is 0.251 e. The lowest BCUT2D eigenvalue weighted by Gasteiger charge is -2.28. The summed E-state index contributed by atoms with van der Waals surface area (Å²) in [5, 5.41) is 3.90. The van der Waals surface area contributed by atoms with Crippen LogP contribution >= 0.6 is 11.8 Å². The molecule has 0 aliphatic carbocycles. The van der Waals surface area contributed by atoms with Crippen LogP contribution in [0.25, 0.3) is 5.69 Å². The Morgan fingerprint density at radius 1 is 1.14 bits per heavy atom. The summed E-state index contributed by atoms with van der Waals surface area (Å²) in [6, 6.07) is 11.5. The van der Waals surface area contributed by atoms with Crippen molar-refractivity contribution in [3.05, 3.63) is 66.1 Å². The lowest BCUT2D eigenvalue weighted by Crippen LogP contribution is -2.36. The number of imidazole rings is 1. The minimum Gasteiger partial charge on any atom is -0.378 e. The maximum absolute atomic E-state index is 12.5. The average Bonchev–Trinajstić information content (AvgIpc) is 3.27. The number of benzene rings is 1. The van der Waals surface area contributed by atoms with Crippen LogP contribution in [-0.2, 0) is 11.3 Å². The van der Waals surface area contributed by atoms with Gasteiger partial charge in [-0.3, -0.25) is 9.36 Å². The average molecular weight is 410 g/mol. The van der Waals surface area contributed by atoms with Crippen molar-refractivity contribution in [1.29, 1.82) is 0 Å². The molecule has 1 N–H and O–H groups in total. The molecule has 0 unspecified atom stereocenters. The number of pyridine rings is 1. The van der Waals surface area contributed by atoms with E-state index in [9.17, 15) is 4.79 Å². The predicted octanol–water partition coefficient (Wildman–Crippen LogP) is 2.76. The Kier molecular flexibility index (Phi) is 6.12. The first-order chi connectivity index (χ1) is 14.2. The zero-order chi connectivity index (χ0) is 20.1. The van der Waals surface area contributed by atoms with E-state index in [4.69, 9.17) is 4.74 Å². The number of hydrogen-bond donors (Lipinski definition) is 1. The lowest BCUT2D eigenvalue weighted by molar-refractivity contribution is 0.0951. The van der Waals surface area contributed by atoms with Crippen LogP contribution in [-0.4, -0.2) is 53.0 Å². The fourth-order valence-electron chi connectivity index (χ4n) is 3.23. The number of nitrogens with zero attached hydrogens (tertiary/aromatic N) is 4. The van der Waals surface area contributed by atoms with Crippen LogP contribution in [0.5, 0.6) is 0 Å². The molecule has 1 aromatic carbocycles. The molecule has 0 saturated carbocycles. The van der Waals surface area contributed by atoms with Crippen LogP contribution in [0, 0.1) is 0 Å². The summed E-state index contributed by atoms with van der Waals surface area (Å²) in [6.45, 7) is 3.57. The number of aromatic nitrogens is 3. The van der Waals surface area contributed by atoms with E-state index in [1.54, 1.807) is 24.2 Å². The summed E-state index contributed by atoms with van der Waals surface area (Å²) >= 11 is 1.58. The first-order valence-electron chi connectivity index (χ1n) is 9.48. The molecular formula is C21H23N5O2S. The number of thioether (sulfide) groups is 1. The number of carbonyl (C=O) groups is 1. The van der Waals surface area contributed by atoms with E-state index in [2.05, 4.69) is 20.2 Å². The fraction of sp³-hybridized carbons (Fsp3) is 0.286. The van der Waals surface area contributed by atoms with Gasteiger partial charge in [0.15, 0.2) is 5.16 Å². The quantitative estimate of drug-likeness (QED) is 0.631. The van der Waals surface area contributed by atoms with Gasteiger partial charge in [0, 0.05) is 49.5 Å². The number of rotatable bonds is 6. The van der Waals surface area contributed by atoms with E-state index in [1.807, 2.05) is 53.4 Å². The molecule has 0 radical (unpaired) electrons. The molecule has 150 valence electrons. The van der Waals surface area contributed by atoms with Gasteiger partial charge in [0.05, 0.1) is 13.2 Å². The Balaban J connectivity index is 1.38. The van der Waals surface area contributed by atoms with E-state index in [1.165, 1.54) is 0 Å². The molecular weight excluding hydrogens is 386 g/mol. The number of morpholine rings is 1. The summed E-state index contributed by atoms with van der Waals surface area (Å²) in [7, 11) is 0. The van der Waals surface area contributed by atoms with E-state index >= 15 is 0 Å². The Bertz CT molecular complexity index is 967. The summed E-state index contributed by atoms with van der Waals surface area (Å²) in [5.41, 5.74) is 2.63. The number of carbonyl (C=O) groups excluding carboxylic acids is 1. The first-order valence-corrected chi connectivity index (χ1v) is 10.7. The zero-order valence-electron chi connectivity index (χ0n) is 16.2. The van der Waals surface area contributed by atoms with Crippen LogP contribution in [0.2, 0.25) is 0 Å². The van der Waals surface area contributed by atoms with Gasteiger partial charge in [0.25, 0.3) is 5.91 Å². The third-order valence-electron chi connectivity index (χ3n) is 4.80. The highest BCUT2D eigenvalue weighted by molar-refractivity contribution is 7.98. The zero-order valence-corrected chi connectivity index (χ0v) is 17.1. The molecule has 3 heterocycles. The van der Waals surface area contributed by atoms with E-state index in [0.29, 0.717) is 12.1 Å². The van der Waals surface area contributed by atoms with Gasteiger partial charge in [-0.15, -0.1) is 0 Å².